The molecule has 2 heterocycles. The minimum Gasteiger partial charge on any atom is -0.458 e. The van der Waals surface area contributed by atoms with E-state index in [1.807, 2.05) is 0 Å². The van der Waals surface area contributed by atoms with E-state index in [0.717, 1.165) is 18.5 Å². The summed E-state index contributed by atoms with van der Waals surface area (Å²) in [5.74, 6) is 0.895. The van der Waals surface area contributed by atoms with Crippen LogP contribution in [-0.2, 0) is 0 Å². The van der Waals surface area contributed by atoms with E-state index in [9.17, 15) is 0 Å². The first-order valence-electron chi connectivity index (χ1n) is 4.15. The molecule has 0 bridgehead atoms. The molecular formula is C8H15N2-. The first-order valence-corrected chi connectivity index (χ1v) is 4.15. The highest BCUT2D eigenvalue weighted by atomic mass is 15.2. The van der Waals surface area contributed by atoms with Gasteiger partial charge in [-0.1, -0.05) is 0 Å². The molecule has 2 aliphatic heterocycles. The molecule has 0 aromatic rings. The SMILES string of the molecule is [CH2-]N1C[C@H]2CCCN[C@H]2C1. The second-order valence-corrected chi connectivity index (χ2v) is 3.50. The highest BCUT2D eigenvalue weighted by molar-refractivity contribution is 4.91. The lowest BCUT2D eigenvalue weighted by atomic mass is 9.94. The summed E-state index contributed by atoms with van der Waals surface area (Å²) in [7, 11) is 3.96. The molecule has 2 atom stereocenters. The van der Waals surface area contributed by atoms with Crippen LogP contribution in [0.5, 0.6) is 0 Å². The van der Waals surface area contributed by atoms with Crippen LogP contribution in [0.2, 0.25) is 0 Å². The van der Waals surface area contributed by atoms with Gasteiger partial charge in [0, 0.05) is 6.04 Å². The van der Waals surface area contributed by atoms with Gasteiger partial charge in [-0.25, -0.2) is 0 Å². The average Bonchev–Trinajstić information content (AvgIpc) is 2.27. The number of nitrogens with one attached hydrogen (secondary N) is 1. The van der Waals surface area contributed by atoms with E-state index in [2.05, 4.69) is 17.3 Å². The summed E-state index contributed by atoms with van der Waals surface area (Å²) in [6.07, 6.45) is 2.76. The number of nitrogens with zero attached hydrogens (tertiary/aromatic N) is 1. The van der Waals surface area contributed by atoms with Crippen molar-refractivity contribution >= 4 is 0 Å². The number of likely N-dealkylation sites (tertiary alicyclic amines) is 1. The molecule has 0 amide bonds. The molecule has 0 aliphatic carbocycles. The van der Waals surface area contributed by atoms with Gasteiger partial charge in [-0.05, 0) is 38.4 Å². The number of hydrogen-bond acceptors (Lipinski definition) is 2. The summed E-state index contributed by atoms with van der Waals surface area (Å²) >= 11 is 0. The Bertz CT molecular complexity index is 110. The van der Waals surface area contributed by atoms with Gasteiger partial charge in [0.25, 0.3) is 0 Å². The predicted octanol–water partition coefficient (Wildman–Crippen LogP) is 0.462. The molecule has 0 spiro atoms. The van der Waals surface area contributed by atoms with E-state index in [1.54, 1.807) is 0 Å². The van der Waals surface area contributed by atoms with Crippen LogP contribution >= 0.6 is 0 Å². The fourth-order valence-electron chi connectivity index (χ4n) is 2.14. The van der Waals surface area contributed by atoms with Crippen molar-refractivity contribution in [2.75, 3.05) is 19.6 Å². The van der Waals surface area contributed by atoms with Gasteiger partial charge >= 0.3 is 0 Å². The molecule has 0 aromatic carbocycles. The van der Waals surface area contributed by atoms with Crippen LogP contribution in [0.4, 0.5) is 0 Å². The number of piperidine rings is 1. The molecule has 0 saturated carbocycles. The zero-order valence-corrected chi connectivity index (χ0v) is 6.34. The van der Waals surface area contributed by atoms with Gasteiger partial charge in [-0.2, -0.15) is 0 Å². The van der Waals surface area contributed by atoms with Gasteiger partial charge in [0.15, 0.2) is 0 Å². The first kappa shape index (κ1) is 6.62. The van der Waals surface area contributed by atoms with E-state index in [-0.39, 0.29) is 0 Å². The maximum Gasteiger partial charge on any atom is 0.0210 e. The van der Waals surface area contributed by atoms with E-state index in [1.165, 1.54) is 25.9 Å². The molecule has 2 nitrogen and oxygen atoms in total. The summed E-state index contributed by atoms with van der Waals surface area (Å²) in [5.41, 5.74) is 0. The normalized spacial score (nSPS) is 41.7. The Morgan fingerprint density at radius 2 is 2.30 bits per heavy atom. The van der Waals surface area contributed by atoms with Crippen LogP contribution in [0.25, 0.3) is 0 Å². The summed E-state index contributed by atoms with van der Waals surface area (Å²) in [4.78, 5) is 2.19. The molecule has 2 rings (SSSR count). The van der Waals surface area contributed by atoms with Crippen LogP contribution in [0.3, 0.4) is 0 Å². The third-order valence-corrected chi connectivity index (χ3v) is 2.67. The fraction of sp³-hybridized carbons (Fsp3) is 0.875. The van der Waals surface area contributed by atoms with E-state index in [0.29, 0.717) is 0 Å². The van der Waals surface area contributed by atoms with E-state index in [4.69, 9.17) is 0 Å². The fourth-order valence-corrected chi connectivity index (χ4v) is 2.14. The van der Waals surface area contributed by atoms with Gasteiger partial charge in [-0.15, -0.1) is 0 Å². The lowest BCUT2D eigenvalue weighted by Gasteiger charge is -2.25. The predicted molar refractivity (Wildman–Crippen MR) is 41.4 cm³/mol. The Hall–Kier alpha value is -0.0800. The second-order valence-electron chi connectivity index (χ2n) is 3.50. The Kier molecular flexibility index (Phi) is 1.66. The number of hydrogen-bond donors (Lipinski definition) is 1. The topological polar surface area (TPSA) is 15.3 Å². The van der Waals surface area contributed by atoms with Gasteiger partial charge in [0.1, 0.15) is 0 Å². The molecule has 0 radical (unpaired) electrons. The quantitative estimate of drug-likeness (QED) is 0.490. The largest absolute Gasteiger partial charge is 0.458 e. The summed E-state index contributed by atoms with van der Waals surface area (Å²) in [5, 5.41) is 3.53. The van der Waals surface area contributed by atoms with E-state index < -0.39 is 0 Å². The molecule has 0 unspecified atom stereocenters. The molecule has 58 valence electrons. The molecule has 1 N–H and O–H groups in total. The van der Waals surface area contributed by atoms with E-state index >= 15 is 0 Å². The molecule has 0 aromatic heterocycles. The Morgan fingerprint density at radius 3 is 3.10 bits per heavy atom. The van der Waals surface area contributed by atoms with Gasteiger partial charge < -0.3 is 10.2 Å². The molecule has 2 saturated heterocycles. The van der Waals surface area contributed by atoms with Crippen molar-refractivity contribution in [2.45, 2.75) is 18.9 Å². The summed E-state index contributed by atoms with van der Waals surface area (Å²) in [6.45, 7) is 3.58. The lowest BCUT2D eigenvalue weighted by molar-refractivity contribution is 0.339. The molecule has 2 heteroatoms. The maximum absolute atomic E-state index is 3.96. The van der Waals surface area contributed by atoms with Crippen LogP contribution in [0.1, 0.15) is 12.8 Å². The molecule has 2 aliphatic rings. The van der Waals surface area contributed by atoms with Crippen LogP contribution < -0.4 is 5.32 Å². The number of fused-ring (bicyclic) bond motifs is 1. The third-order valence-electron chi connectivity index (χ3n) is 2.67. The summed E-state index contributed by atoms with van der Waals surface area (Å²) < 4.78 is 0. The highest BCUT2D eigenvalue weighted by Gasteiger charge is 2.29. The zero-order chi connectivity index (χ0) is 6.97. The average molecular weight is 139 g/mol. The lowest BCUT2D eigenvalue weighted by Crippen LogP contribution is -2.40. The van der Waals surface area contributed by atoms with Crippen molar-refractivity contribution in [3.05, 3.63) is 7.05 Å². The maximum atomic E-state index is 3.96. The van der Waals surface area contributed by atoms with Crippen LogP contribution in [0.15, 0.2) is 0 Å². The Balaban J connectivity index is 1.97. The third kappa shape index (κ3) is 1.06. The van der Waals surface area contributed by atoms with Crippen molar-refractivity contribution < 1.29 is 0 Å². The van der Waals surface area contributed by atoms with Gasteiger partial charge in [0.05, 0.1) is 0 Å². The zero-order valence-electron chi connectivity index (χ0n) is 6.34. The minimum absolute atomic E-state index is 0.756. The Morgan fingerprint density at radius 1 is 1.40 bits per heavy atom. The number of rotatable bonds is 0. The molecular weight excluding hydrogens is 124 g/mol. The smallest absolute Gasteiger partial charge is 0.0210 e. The summed E-state index contributed by atoms with van der Waals surface area (Å²) in [6, 6.07) is 0.756. The monoisotopic (exact) mass is 139 g/mol. The van der Waals surface area contributed by atoms with Crippen LogP contribution in [0, 0.1) is 13.0 Å². The Labute approximate surface area is 62.6 Å². The molecule has 2 fully saturated rings. The van der Waals surface area contributed by atoms with Crippen molar-refractivity contribution in [1.29, 1.82) is 0 Å². The van der Waals surface area contributed by atoms with Crippen molar-refractivity contribution in [3.63, 3.8) is 0 Å². The van der Waals surface area contributed by atoms with Crippen molar-refractivity contribution in [2.24, 2.45) is 5.92 Å². The van der Waals surface area contributed by atoms with Gasteiger partial charge in [0.2, 0.25) is 0 Å². The highest BCUT2D eigenvalue weighted by Crippen LogP contribution is 2.23. The minimum atomic E-state index is 0.756. The second kappa shape index (κ2) is 2.51. The first-order chi connectivity index (χ1) is 4.86. The van der Waals surface area contributed by atoms with Crippen LogP contribution in [-0.4, -0.2) is 30.6 Å². The molecule has 10 heavy (non-hydrogen) atoms. The van der Waals surface area contributed by atoms with Crippen molar-refractivity contribution in [1.82, 2.24) is 10.2 Å². The van der Waals surface area contributed by atoms with Gasteiger partial charge in [-0.3, -0.25) is 7.05 Å². The van der Waals surface area contributed by atoms with Crippen molar-refractivity contribution in [3.8, 4) is 0 Å². The standard InChI is InChI=1S/C8H15N2/c1-10-5-7-3-2-4-9-8(7)6-10/h7-9H,1-6H2/q-1/t7-,8+/m1/s1.